The van der Waals surface area contributed by atoms with Crippen molar-refractivity contribution in [2.24, 2.45) is 0 Å². The Labute approximate surface area is 164 Å². The molecule has 0 saturated carbocycles. The second-order valence-electron chi connectivity index (χ2n) is 6.80. The van der Waals surface area contributed by atoms with Crippen LogP contribution in [0, 0.1) is 11.6 Å². The molecule has 0 aliphatic carbocycles. The standard InChI is InChI=1S/C20H29F2N3O3/c1-5-7-25(8-6-2)20(28)14(4)24-19(27)13(3)23-18(26)11-15-9-16(21)12-17(22)10-15/h9-10,12-14H,5-8,11H2,1-4H3,(H,23,26)(H,24,27)/t13-,14-/m0/s1. The molecule has 0 aromatic heterocycles. The Morgan fingerprint density at radius 2 is 1.46 bits per heavy atom. The van der Waals surface area contributed by atoms with Crippen LogP contribution in [0.4, 0.5) is 8.78 Å². The molecule has 1 rings (SSSR count). The first-order valence-corrected chi connectivity index (χ1v) is 9.51. The molecule has 1 aromatic rings. The van der Waals surface area contributed by atoms with Gasteiger partial charge in [-0.15, -0.1) is 0 Å². The highest BCUT2D eigenvalue weighted by atomic mass is 19.1. The Balaban J connectivity index is 2.58. The zero-order valence-corrected chi connectivity index (χ0v) is 16.9. The van der Waals surface area contributed by atoms with E-state index in [4.69, 9.17) is 0 Å². The van der Waals surface area contributed by atoms with E-state index < -0.39 is 35.5 Å². The maximum atomic E-state index is 13.2. The third-order valence-corrected chi connectivity index (χ3v) is 4.09. The molecule has 0 bridgehead atoms. The summed E-state index contributed by atoms with van der Waals surface area (Å²) in [4.78, 5) is 38.5. The first-order valence-electron chi connectivity index (χ1n) is 9.51. The number of hydrogen-bond donors (Lipinski definition) is 2. The highest BCUT2D eigenvalue weighted by Gasteiger charge is 2.24. The molecule has 156 valence electrons. The van der Waals surface area contributed by atoms with Gasteiger partial charge in [0.25, 0.3) is 0 Å². The second-order valence-corrected chi connectivity index (χ2v) is 6.80. The van der Waals surface area contributed by atoms with Gasteiger partial charge in [-0.05, 0) is 44.4 Å². The van der Waals surface area contributed by atoms with Gasteiger partial charge in [0.15, 0.2) is 0 Å². The Morgan fingerprint density at radius 3 is 1.96 bits per heavy atom. The van der Waals surface area contributed by atoms with Gasteiger partial charge in [0.05, 0.1) is 6.42 Å². The fourth-order valence-electron chi connectivity index (χ4n) is 2.80. The quantitative estimate of drug-likeness (QED) is 0.635. The molecule has 0 heterocycles. The molecular weight excluding hydrogens is 368 g/mol. The van der Waals surface area contributed by atoms with E-state index in [9.17, 15) is 23.2 Å². The lowest BCUT2D eigenvalue weighted by molar-refractivity contribution is -0.136. The highest BCUT2D eigenvalue weighted by Crippen LogP contribution is 2.08. The molecule has 6 nitrogen and oxygen atoms in total. The lowest BCUT2D eigenvalue weighted by Gasteiger charge is -2.26. The zero-order chi connectivity index (χ0) is 21.3. The Hall–Kier alpha value is -2.51. The van der Waals surface area contributed by atoms with Gasteiger partial charge in [-0.3, -0.25) is 14.4 Å². The smallest absolute Gasteiger partial charge is 0.244 e. The molecule has 28 heavy (non-hydrogen) atoms. The van der Waals surface area contributed by atoms with Crippen molar-refractivity contribution in [3.05, 3.63) is 35.4 Å². The fraction of sp³-hybridized carbons (Fsp3) is 0.550. The van der Waals surface area contributed by atoms with Gasteiger partial charge in [0.1, 0.15) is 23.7 Å². The lowest BCUT2D eigenvalue weighted by atomic mass is 10.1. The van der Waals surface area contributed by atoms with E-state index in [0.717, 1.165) is 31.0 Å². The molecule has 0 unspecified atom stereocenters. The maximum Gasteiger partial charge on any atom is 0.244 e. The van der Waals surface area contributed by atoms with Gasteiger partial charge >= 0.3 is 0 Å². The molecule has 0 aliphatic rings. The van der Waals surface area contributed by atoms with Gasteiger partial charge in [0.2, 0.25) is 17.7 Å². The summed E-state index contributed by atoms with van der Waals surface area (Å²) in [5.41, 5.74) is 0.168. The van der Waals surface area contributed by atoms with Crippen LogP contribution in [0.15, 0.2) is 18.2 Å². The lowest BCUT2D eigenvalue weighted by Crippen LogP contribution is -2.52. The molecular formula is C20H29F2N3O3. The van der Waals surface area contributed by atoms with Crippen LogP contribution in [0.5, 0.6) is 0 Å². The molecule has 0 fully saturated rings. The van der Waals surface area contributed by atoms with E-state index in [-0.39, 0.29) is 17.9 Å². The van der Waals surface area contributed by atoms with Crippen molar-refractivity contribution in [2.75, 3.05) is 13.1 Å². The third-order valence-electron chi connectivity index (χ3n) is 4.09. The largest absolute Gasteiger partial charge is 0.344 e. The van der Waals surface area contributed by atoms with E-state index >= 15 is 0 Å². The van der Waals surface area contributed by atoms with Crippen molar-refractivity contribution < 1.29 is 23.2 Å². The van der Waals surface area contributed by atoms with Crippen molar-refractivity contribution in [3.63, 3.8) is 0 Å². The van der Waals surface area contributed by atoms with Crippen molar-refractivity contribution in [3.8, 4) is 0 Å². The highest BCUT2D eigenvalue weighted by molar-refractivity contribution is 5.92. The zero-order valence-electron chi connectivity index (χ0n) is 16.9. The summed E-state index contributed by atoms with van der Waals surface area (Å²) < 4.78 is 26.4. The topological polar surface area (TPSA) is 78.5 Å². The van der Waals surface area contributed by atoms with E-state index in [1.54, 1.807) is 11.8 Å². The predicted molar refractivity (Wildman–Crippen MR) is 102 cm³/mol. The number of carbonyl (C=O) groups is 3. The summed E-state index contributed by atoms with van der Waals surface area (Å²) in [6.45, 7) is 8.25. The van der Waals surface area contributed by atoms with Gasteiger partial charge in [0, 0.05) is 19.2 Å². The number of hydrogen-bond acceptors (Lipinski definition) is 3. The number of halogens is 2. The van der Waals surface area contributed by atoms with Crippen LogP contribution in [0.3, 0.4) is 0 Å². The molecule has 0 aliphatic heterocycles. The third kappa shape index (κ3) is 7.62. The summed E-state index contributed by atoms with van der Waals surface area (Å²) in [6, 6.07) is 1.22. The number of benzene rings is 1. The summed E-state index contributed by atoms with van der Waals surface area (Å²) in [6.07, 6.45) is 1.38. The molecule has 2 atom stereocenters. The summed E-state index contributed by atoms with van der Waals surface area (Å²) >= 11 is 0. The summed E-state index contributed by atoms with van der Waals surface area (Å²) in [5, 5.41) is 5.07. The van der Waals surface area contributed by atoms with Crippen LogP contribution < -0.4 is 10.6 Å². The van der Waals surface area contributed by atoms with Crippen LogP contribution in [0.25, 0.3) is 0 Å². The first-order chi connectivity index (χ1) is 13.2. The molecule has 8 heteroatoms. The minimum absolute atomic E-state index is 0.168. The summed E-state index contributed by atoms with van der Waals surface area (Å²) in [5.74, 6) is -2.78. The normalized spacial score (nSPS) is 12.8. The van der Waals surface area contributed by atoms with Crippen LogP contribution in [0.2, 0.25) is 0 Å². The Morgan fingerprint density at radius 1 is 0.929 bits per heavy atom. The number of nitrogens with one attached hydrogen (secondary N) is 2. The van der Waals surface area contributed by atoms with Crippen molar-refractivity contribution >= 4 is 17.7 Å². The average molecular weight is 397 g/mol. The molecule has 2 N–H and O–H groups in total. The maximum absolute atomic E-state index is 13.2. The molecule has 1 aromatic carbocycles. The average Bonchev–Trinajstić information content (AvgIpc) is 2.59. The molecule has 3 amide bonds. The van der Waals surface area contributed by atoms with Crippen LogP contribution in [-0.2, 0) is 20.8 Å². The number of rotatable bonds is 10. The monoisotopic (exact) mass is 397 g/mol. The van der Waals surface area contributed by atoms with Crippen LogP contribution in [0.1, 0.15) is 46.1 Å². The number of nitrogens with zero attached hydrogens (tertiary/aromatic N) is 1. The van der Waals surface area contributed by atoms with Gasteiger partial charge < -0.3 is 15.5 Å². The van der Waals surface area contributed by atoms with Crippen molar-refractivity contribution in [1.29, 1.82) is 0 Å². The van der Waals surface area contributed by atoms with Crippen LogP contribution >= 0.6 is 0 Å². The molecule has 0 spiro atoms. The van der Waals surface area contributed by atoms with Crippen LogP contribution in [-0.4, -0.2) is 47.8 Å². The van der Waals surface area contributed by atoms with Gasteiger partial charge in [-0.2, -0.15) is 0 Å². The Bertz CT molecular complexity index is 671. The van der Waals surface area contributed by atoms with Gasteiger partial charge in [-0.1, -0.05) is 13.8 Å². The minimum atomic E-state index is -0.896. The number of amides is 3. The SMILES string of the molecule is CCCN(CCC)C(=O)[C@H](C)NC(=O)[C@H](C)NC(=O)Cc1cc(F)cc(F)c1. The van der Waals surface area contributed by atoms with E-state index in [0.29, 0.717) is 13.1 Å². The summed E-state index contributed by atoms with van der Waals surface area (Å²) in [7, 11) is 0. The van der Waals surface area contributed by atoms with E-state index in [1.165, 1.54) is 6.92 Å². The first kappa shape index (κ1) is 23.5. The van der Waals surface area contributed by atoms with Crippen molar-refractivity contribution in [2.45, 2.75) is 59.0 Å². The van der Waals surface area contributed by atoms with E-state index in [1.807, 2.05) is 13.8 Å². The minimum Gasteiger partial charge on any atom is -0.344 e. The molecule has 0 radical (unpaired) electrons. The van der Waals surface area contributed by atoms with E-state index in [2.05, 4.69) is 10.6 Å². The Kier molecular flexibility index (Phi) is 9.55. The predicted octanol–water partition coefficient (Wildman–Crippen LogP) is 2.17. The number of carbonyl (C=O) groups excluding carboxylic acids is 3. The van der Waals surface area contributed by atoms with Crippen molar-refractivity contribution in [1.82, 2.24) is 15.5 Å². The fourth-order valence-corrected chi connectivity index (χ4v) is 2.80. The molecule has 0 saturated heterocycles. The second kappa shape index (κ2) is 11.4. The van der Waals surface area contributed by atoms with Gasteiger partial charge in [-0.25, -0.2) is 8.78 Å².